The van der Waals surface area contributed by atoms with Crippen molar-refractivity contribution in [1.29, 1.82) is 0 Å². The minimum absolute atomic E-state index is 0.00844. The number of methoxy groups -OCH3 is 1. The molecule has 154 valence electrons. The van der Waals surface area contributed by atoms with Crippen LogP contribution in [0.25, 0.3) is 0 Å². The van der Waals surface area contributed by atoms with Crippen LogP contribution in [0.4, 0.5) is 10.1 Å². The Morgan fingerprint density at radius 1 is 1.31 bits per heavy atom. The van der Waals surface area contributed by atoms with E-state index in [9.17, 15) is 9.18 Å². The van der Waals surface area contributed by atoms with Crippen molar-refractivity contribution in [2.24, 2.45) is 0 Å². The van der Waals surface area contributed by atoms with Crippen LogP contribution < -0.4 is 14.4 Å². The molecule has 7 nitrogen and oxygen atoms in total. The second kappa shape index (κ2) is 8.78. The molecule has 0 aliphatic carbocycles. The van der Waals surface area contributed by atoms with Gasteiger partial charge in [-0.05, 0) is 28.7 Å². The van der Waals surface area contributed by atoms with E-state index < -0.39 is 0 Å². The van der Waals surface area contributed by atoms with Crippen molar-refractivity contribution >= 4 is 34.2 Å². The summed E-state index contributed by atoms with van der Waals surface area (Å²) in [4.78, 5) is 22.7. The number of carbonyl (C=O) groups excluding carboxylic acids is 1. The highest BCUT2D eigenvalue weighted by molar-refractivity contribution is 14.1. The van der Waals surface area contributed by atoms with Crippen LogP contribution >= 0.6 is 22.6 Å². The van der Waals surface area contributed by atoms with Gasteiger partial charge in [0.05, 0.1) is 26.5 Å². The molecule has 2 aromatic rings. The van der Waals surface area contributed by atoms with Gasteiger partial charge >= 0.3 is 0 Å². The third-order valence-corrected chi connectivity index (χ3v) is 6.11. The molecule has 3 heterocycles. The maximum absolute atomic E-state index is 14.7. The zero-order chi connectivity index (χ0) is 20.4. The first-order chi connectivity index (χ1) is 14.1. The highest BCUT2D eigenvalue weighted by Gasteiger charge is 2.36. The summed E-state index contributed by atoms with van der Waals surface area (Å²) in [5, 5.41) is 0. The molecule has 2 aliphatic rings. The lowest BCUT2D eigenvalue weighted by Gasteiger charge is -2.25. The maximum atomic E-state index is 14.7. The third-order valence-electron chi connectivity index (χ3n) is 5.22. The Morgan fingerprint density at radius 3 is 2.83 bits per heavy atom. The van der Waals surface area contributed by atoms with Gasteiger partial charge < -0.3 is 19.1 Å². The predicted octanol–water partition coefficient (Wildman–Crippen LogP) is 3.31. The van der Waals surface area contributed by atoms with Gasteiger partial charge in [-0.3, -0.25) is 4.79 Å². The Bertz CT molecular complexity index is 884. The summed E-state index contributed by atoms with van der Waals surface area (Å²) in [6.07, 6.45) is 4.74. The van der Waals surface area contributed by atoms with Crippen LogP contribution in [0.1, 0.15) is 30.7 Å². The molecule has 29 heavy (non-hydrogen) atoms. The Morgan fingerprint density at radius 2 is 2.10 bits per heavy atom. The predicted molar refractivity (Wildman–Crippen MR) is 112 cm³/mol. The summed E-state index contributed by atoms with van der Waals surface area (Å²) in [5.74, 6) is 0.103. The van der Waals surface area contributed by atoms with Gasteiger partial charge in [-0.1, -0.05) is 0 Å². The number of rotatable bonds is 5. The lowest BCUT2D eigenvalue weighted by molar-refractivity contribution is -0.117. The minimum atomic E-state index is -0.364. The monoisotopic (exact) mass is 513 g/mol. The van der Waals surface area contributed by atoms with Gasteiger partial charge in [0.15, 0.2) is 0 Å². The molecule has 1 aromatic carbocycles. The molecule has 0 radical (unpaired) electrons. The average molecular weight is 513 g/mol. The van der Waals surface area contributed by atoms with Crippen molar-refractivity contribution in [3.8, 4) is 11.6 Å². The van der Waals surface area contributed by atoms with Gasteiger partial charge in [-0.25, -0.2) is 9.37 Å². The van der Waals surface area contributed by atoms with Gasteiger partial charge in [-0.15, -0.1) is 0 Å². The third kappa shape index (κ3) is 4.30. The molecule has 9 heteroatoms. The molecule has 0 spiro atoms. The number of aromatic nitrogens is 2. The number of nitrogens with zero attached hydrogens (tertiary/aromatic N) is 3. The van der Waals surface area contributed by atoms with Crippen molar-refractivity contribution in [1.82, 2.24) is 9.97 Å². The number of anilines is 1. The Balaban J connectivity index is 1.58. The van der Waals surface area contributed by atoms with Crippen LogP contribution in [0.5, 0.6) is 11.6 Å². The summed E-state index contributed by atoms with van der Waals surface area (Å²) in [6.45, 7) is 1.63. The van der Waals surface area contributed by atoms with E-state index in [0.717, 1.165) is 16.4 Å². The summed E-state index contributed by atoms with van der Waals surface area (Å²) < 4.78 is 32.0. The fourth-order valence-corrected chi connectivity index (χ4v) is 4.75. The van der Waals surface area contributed by atoms with E-state index in [1.165, 1.54) is 19.5 Å². The van der Waals surface area contributed by atoms with Gasteiger partial charge in [0.1, 0.15) is 29.7 Å². The number of carbonyl (C=O) groups is 1. The van der Waals surface area contributed by atoms with E-state index in [-0.39, 0.29) is 30.2 Å². The topological polar surface area (TPSA) is 73.8 Å². The molecule has 0 bridgehead atoms. The Hall–Kier alpha value is -2.01. The zero-order valence-corrected chi connectivity index (χ0v) is 18.1. The molecule has 1 amide bonds. The lowest BCUT2D eigenvalue weighted by Crippen LogP contribution is -2.29. The van der Waals surface area contributed by atoms with E-state index in [4.69, 9.17) is 14.2 Å². The molecular weight excluding hydrogens is 492 g/mol. The molecule has 0 unspecified atom stereocenters. The highest BCUT2D eigenvalue weighted by Crippen LogP contribution is 2.39. The largest absolute Gasteiger partial charge is 0.497 e. The summed E-state index contributed by atoms with van der Waals surface area (Å²) >= 11 is 2.09. The number of ether oxygens (including phenoxy) is 3. The first kappa shape index (κ1) is 20.3. The van der Waals surface area contributed by atoms with E-state index in [2.05, 4.69) is 32.6 Å². The molecule has 4 rings (SSSR count). The van der Waals surface area contributed by atoms with E-state index in [0.29, 0.717) is 42.6 Å². The quantitative estimate of drug-likeness (QED) is 0.572. The van der Waals surface area contributed by atoms with E-state index in [1.54, 1.807) is 17.2 Å². The number of benzene rings is 1. The second-order valence-electron chi connectivity index (χ2n) is 7.05. The molecule has 2 aliphatic heterocycles. The molecule has 1 aromatic heterocycles. The second-order valence-corrected chi connectivity index (χ2v) is 8.22. The van der Waals surface area contributed by atoms with Gasteiger partial charge in [0.25, 0.3) is 0 Å². The van der Waals surface area contributed by atoms with Crippen molar-refractivity contribution in [2.75, 3.05) is 31.8 Å². The summed E-state index contributed by atoms with van der Waals surface area (Å²) in [5.41, 5.74) is 1.06. The van der Waals surface area contributed by atoms with Gasteiger partial charge in [-0.2, -0.15) is 4.98 Å². The smallest absolute Gasteiger partial charge is 0.241 e. The molecule has 2 fully saturated rings. The van der Waals surface area contributed by atoms with Gasteiger partial charge in [0, 0.05) is 46.9 Å². The Kier molecular flexibility index (Phi) is 6.14. The molecule has 0 N–H and O–H groups in total. The first-order valence-electron chi connectivity index (χ1n) is 9.44. The standard InChI is InChI=1S/C20H21FIN3O4/c1-27-14-7-15(21)19(16(22)8-14)12-6-18(26)25(10-12)17-9-23-11-24-20(17)29-13-2-4-28-5-3-13/h7-9,11-13H,2-6,10H2,1H3/t12-/m0/s1. The van der Waals surface area contributed by atoms with Gasteiger partial charge in [0.2, 0.25) is 11.8 Å². The number of hydrogen-bond donors (Lipinski definition) is 0. The number of amides is 1. The average Bonchev–Trinajstić information content (AvgIpc) is 3.09. The molecular formula is C20H21FIN3O4. The van der Waals surface area contributed by atoms with Crippen LogP contribution in [0.2, 0.25) is 0 Å². The van der Waals surface area contributed by atoms with E-state index >= 15 is 0 Å². The summed E-state index contributed by atoms with van der Waals surface area (Å²) in [7, 11) is 1.50. The number of hydrogen-bond acceptors (Lipinski definition) is 6. The normalized spacial score (nSPS) is 20.2. The van der Waals surface area contributed by atoms with Crippen LogP contribution in [-0.2, 0) is 9.53 Å². The van der Waals surface area contributed by atoms with Crippen molar-refractivity contribution in [3.05, 3.63) is 39.6 Å². The van der Waals surface area contributed by atoms with Crippen LogP contribution in [0, 0.1) is 9.39 Å². The maximum Gasteiger partial charge on any atom is 0.241 e. The van der Waals surface area contributed by atoms with Crippen molar-refractivity contribution in [3.63, 3.8) is 0 Å². The van der Waals surface area contributed by atoms with Crippen LogP contribution in [0.15, 0.2) is 24.7 Å². The Labute approximate surface area is 181 Å². The highest BCUT2D eigenvalue weighted by atomic mass is 127. The SMILES string of the molecule is COc1cc(F)c([C@H]2CC(=O)N(c3cncnc3OC3CCOCC3)C2)c(I)c1. The fourth-order valence-electron chi connectivity index (χ4n) is 3.74. The number of halogens is 2. The van der Waals surface area contributed by atoms with Crippen LogP contribution in [0.3, 0.4) is 0 Å². The zero-order valence-electron chi connectivity index (χ0n) is 15.9. The minimum Gasteiger partial charge on any atom is -0.497 e. The molecule has 0 saturated carbocycles. The first-order valence-corrected chi connectivity index (χ1v) is 10.5. The summed E-state index contributed by atoms with van der Waals surface area (Å²) in [6, 6.07) is 3.13. The molecule has 1 atom stereocenters. The van der Waals surface area contributed by atoms with Crippen LogP contribution in [-0.4, -0.2) is 48.8 Å². The van der Waals surface area contributed by atoms with Crippen molar-refractivity contribution in [2.45, 2.75) is 31.3 Å². The lowest BCUT2D eigenvalue weighted by atomic mass is 9.97. The molecule has 2 saturated heterocycles. The van der Waals surface area contributed by atoms with Crippen molar-refractivity contribution < 1.29 is 23.4 Å². The fraction of sp³-hybridized carbons (Fsp3) is 0.450. The van der Waals surface area contributed by atoms with E-state index in [1.807, 2.05) is 0 Å².